The highest BCUT2D eigenvalue weighted by molar-refractivity contribution is 7.89. The molecule has 0 unspecified atom stereocenters. The maximum absolute atomic E-state index is 14.0. The van der Waals surface area contributed by atoms with Gasteiger partial charge in [0.05, 0.1) is 37.4 Å². The number of fused-ring (bicyclic) bond motifs is 1. The van der Waals surface area contributed by atoms with Crippen molar-refractivity contribution in [1.82, 2.24) is 13.8 Å². The third kappa shape index (κ3) is 4.57. The van der Waals surface area contributed by atoms with E-state index in [-0.39, 0.29) is 15.5 Å². The van der Waals surface area contributed by atoms with Crippen LogP contribution in [0.3, 0.4) is 0 Å². The van der Waals surface area contributed by atoms with Crippen molar-refractivity contribution < 1.29 is 26.7 Å². The summed E-state index contributed by atoms with van der Waals surface area (Å²) in [4.78, 5) is 2.33. The molecule has 0 saturated carbocycles. The third-order valence-corrected chi connectivity index (χ3v) is 7.50. The molecule has 2 heterocycles. The lowest BCUT2D eigenvalue weighted by atomic mass is 10.2. The first-order valence-electron chi connectivity index (χ1n) is 10.0. The van der Waals surface area contributed by atoms with Gasteiger partial charge in [-0.15, -0.1) is 0 Å². The van der Waals surface area contributed by atoms with Gasteiger partial charge >= 0.3 is 0 Å². The van der Waals surface area contributed by atoms with E-state index in [0.717, 1.165) is 5.56 Å². The van der Waals surface area contributed by atoms with E-state index in [9.17, 15) is 12.8 Å². The molecule has 0 bridgehead atoms. The van der Waals surface area contributed by atoms with E-state index in [1.807, 2.05) is 11.9 Å². The summed E-state index contributed by atoms with van der Waals surface area (Å²) in [6.45, 7) is 2.17. The molecule has 1 fully saturated rings. The SMILES string of the molecule is COc1ccc(CN(C)Cn2c(=S)oc3ccc(S(=O)(=O)N4CCOCC4)cc32)cc1F. The van der Waals surface area contributed by atoms with Crippen LogP contribution in [0, 0.1) is 10.7 Å². The van der Waals surface area contributed by atoms with Gasteiger partial charge < -0.3 is 13.9 Å². The molecule has 1 aromatic heterocycles. The van der Waals surface area contributed by atoms with Crippen LogP contribution in [0.25, 0.3) is 11.1 Å². The molecular weight excluding hydrogens is 457 g/mol. The number of nitrogens with zero attached hydrogens (tertiary/aromatic N) is 3. The van der Waals surface area contributed by atoms with Gasteiger partial charge in [-0.3, -0.25) is 9.47 Å². The van der Waals surface area contributed by atoms with Crippen LogP contribution in [0.2, 0.25) is 0 Å². The van der Waals surface area contributed by atoms with Gasteiger partial charge in [0.25, 0.3) is 4.84 Å². The molecular formula is C21H24FN3O5S2. The van der Waals surface area contributed by atoms with Crippen molar-refractivity contribution in [3.63, 3.8) is 0 Å². The summed E-state index contributed by atoms with van der Waals surface area (Å²) >= 11 is 5.37. The monoisotopic (exact) mass is 481 g/mol. The zero-order valence-corrected chi connectivity index (χ0v) is 19.4. The van der Waals surface area contributed by atoms with E-state index in [4.69, 9.17) is 26.1 Å². The highest BCUT2D eigenvalue weighted by Gasteiger charge is 2.27. The molecule has 1 saturated heterocycles. The molecule has 4 rings (SSSR count). The Bertz CT molecular complexity index is 1280. The van der Waals surface area contributed by atoms with E-state index in [1.54, 1.807) is 28.8 Å². The van der Waals surface area contributed by atoms with Crippen molar-refractivity contribution in [3.05, 3.63) is 52.6 Å². The van der Waals surface area contributed by atoms with Crippen LogP contribution in [0.5, 0.6) is 5.75 Å². The summed E-state index contributed by atoms with van der Waals surface area (Å²) in [6.07, 6.45) is 0. The predicted octanol–water partition coefficient (Wildman–Crippen LogP) is 3.22. The molecule has 0 amide bonds. The molecule has 0 atom stereocenters. The number of rotatable bonds is 7. The van der Waals surface area contributed by atoms with Gasteiger partial charge in [-0.25, -0.2) is 12.8 Å². The van der Waals surface area contributed by atoms with Crippen LogP contribution in [0.15, 0.2) is 45.7 Å². The quantitative estimate of drug-likeness (QED) is 0.480. The minimum absolute atomic E-state index is 0.177. The number of morpholine rings is 1. The molecule has 32 heavy (non-hydrogen) atoms. The van der Waals surface area contributed by atoms with E-state index in [2.05, 4.69) is 0 Å². The standard InChI is InChI=1S/C21H24FN3O5S2/c1-23(13-15-3-5-19(28-2)17(22)11-15)14-25-18-12-16(4-6-20(18)30-21(25)31)32(26,27)24-7-9-29-10-8-24/h3-6,11-12H,7-10,13-14H2,1-2H3. The van der Waals surface area contributed by atoms with Crippen LogP contribution in [0.4, 0.5) is 4.39 Å². The first-order valence-corrected chi connectivity index (χ1v) is 11.9. The zero-order chi connectivity index (χ0) is 22.9. The molecule has 2 aromatic carbocycles. The maximum Gasteiger partial charge on any atom is 0.270 e. The summed E-state index contributed by atoms with van der Waals surface area (Å²) < 4.78 is 59.1. The molecule has 0 N–H and O–H groups in total. The highest BCUT2D eigenvalue weighted by Crippen LogP contribution is 2.25. The zero-order valence-electron chi connectivity index (χ0n) is 17.8. The van der Waals surface area contributed by atoms with Crippen LogP contribution in [0.1, 0.15) is 5.56 Å². The van der Waals surface area contributed by atoms with Crippen LogP contribution >= 0.6 is 12.2 Å². The molecule has 1 aliphatic heterocycles. The Morgan fingerprint density at radius 1 is 1.19 bits per heavy atom. The molecule has 0 spiro atoms. The average molecular weight is 482 g/mol. The van der Waals surface area contributed by atoms with Gasteiger partial charge in [-0.2, -0.15) is 4.31 Å². The van der Waals surface area contributed by atoms with Crippen LogP contribution in [-0.2, 0) is 28.0 Å². The molecule has 8 nitrogen and oxygen atoms in total. The predicted molar refractivity (Wildman–Crippen MR) is 119 cm³/mol. The number of methoxy groups -OCH3 is 1. The number of benzene rings is 2. The second kappa shape index (κ2) is 9.28. The van der Waals surface area contributed by atoms with Crippen molar-refractivity contribution in [3.8, 4) is 5.75 Å². The number of hydrogen-bond acceptors (Lipinski definition) is 7. The summed E-state index contributed by atoms with van der Waals surface area (Å²) in [7, 11) is -0.374. The fourth-order valence-electron chi connectivity index (χ4n) is 3.68. The largest absolute Gasteiger partial charge is 0.494 e. The second-order valence-corrected chi connectivity index (χ2v) is 9.85. The minimum Gasteiger partial charge on any atom is -0.494 e. The third-order valence-electron chi connectivity index (χ3n) is 5.30. The second-order valence-electron chi connectivity index (χ2n) is 7.57. The summed E-state index contributed by atoms with van der Waals surface area (Å²) in [6, 6.07) is 9.53. The normalized spacial score (nSPS) is 15.5. The van der Waals surface area contributed by atoms with Crippen LogP contribution in [-0.4, -0.2) is 62.7 Å². The Balaban J connectivity index is 1.59. The number of ether oxygens (including phenoxy) is 2. The first-order chi connectivity index (χ1) is 15.3. The van der Waals surface area contributed by atoms with Crippen molar-refractivity contribution in [2.75, 3.05) is 40.5 Å². The molecule has 0 aliphatic carbocycles. The lowest BCUT2D eigenvalue weighted by molar-refractivity contribution is 0.0730. The number of sulfonamides is 1. The summed E-state index contributed by atoms with van der Waals surface area (Å²) in [5.74, 6) is -0.241. The van der Waals surface area contributed by atoms with Gasteiger partial charge in [-0.1, -0.05) is 6.07 Å². The van der Waals surface area contributed by atoms with Crippen molar-refractivity contribution >= 4 is 33.3 Å². The maximum atomic E-state index is 14.0. The van der Waals surface area contributed by atoms with Crippen molar-refractivity contribution in [2.45, 2.75) is 18.1 Å². The fourth-order valence-corrected chi connectivity index (χ4v) is 5.36. The Labute approximate surface area is 190 Å². The van der Waals surface area contributed by atoms with Crippen molar-refractivity contribution in [1.29, 1.82) is 0 Å². The number of oxazole rings is 1. The Kier molecular flexibility index (Phi) is 6.63. The number of halogens is 1. The van der Waals surface area contributed by atoms with Crippen molar-refractivity contribution in [2.24, 2.45) is 0 Å². The van der Waals surface area contributed by atoms with Gasteiger partial charge in [0.15, 0.2) is 17.1 Å². The van der Waals surface area contributed by atoms with E-state index < -0.39 is 15.8 Å². The average Bonchev–Trinajstić information content (AvgIpc) is 3.08. The first kappa shape index (κ1) is 22.9. The molecule has 1 aliphatic rings. The molecule has 11 heteroatoms. The highest BCUT2D eigenvalue weighted by atomic mass is 32.2. The summed E-state index contributed by atoms with van der Waals surface area (Å²) in [5, 5.41) is 0. The lowest BCUT2D eigenvalue weighted by Crippen LogP contribution is -2.40. The summed E-state index contributed by atoms with van der Waals surface area (Å²) in [5.41, 5.74) is 1.85. The van der Waals surface area contributed by atoms with E-state index in [0.29, 0.717) is 50.6 Å². The number of hydrogen-bond donors (Lipinski definition) is 0. The lowest BCUT2D eigenvalue weighted by Gasteiger charge is -2.26. The van der Waals surface area contributed by atoms with Gasteiger partial charge in [0, 0.05) is 19.6 Å². The van der Waals surface area contributed by atoms with E-state index >= 15 is 0 Å². The topological polar surface area (TPSA) is 77.2 Å². The van der Waals surface area contributed by atoms with Gasteiger partial charge in [0.1, 0.15) is 0 Å². The Morgan fingerprint density at radius 2 is 1.94 bits per heavy atom. The Morgan fingerprint density at radius 3 is 2.62 bits per heavy atom. The minimum atomic E-state index is -3.65. The number of aromatic nitrogens is 1. The molecule has 0 radical (unpaired) electrons. The molecule has 172 valence electrons. The molecule has 3 aromatic rings. The fraction of sp³-hybridized carbons (Fsp3) is 0.381. The van der Waals surface area contributed by atoms with Gasteiger partial charge in [-0.05, 0) is 55.2 Å². The van der Waals surface area contributed by atoms with E-state index in [1.165, 1.54) is 23.5 Å². The van der Waals surface area contributed by atoms with Crippen LogP contribution < -0.4 is 4.74 Å². The van der Waals surface area contributed by atoms with Gasteiger partial charge in [0.2, 0.25) is 10.0 Å². The smallest absolute Gasteiger partial charge is 0.270 e. The Hall–Kier alpha value is -2.31.